The smallest absolute Gasteiger partial charge is 0.178 e. The molecule has 4 nitrogen and oxygen atoms in total. The maximum absolute atomic E-state index is 5.78. The van der Waals surface area contributed by atoms with Gasteiger partial charge in [0.2, 0.25) is 0 Å². The van der Waals surface area contributed by atoms with E-state index >= 15 is 0 Å². The highest BCUT2D eigenvalue weighted by Gasteiger charge is 2.08. The van der Waals surface area contributed by atoms with E-state index in [1.165, 1.54) is 23.1 Å². The predicted octanol–water partition coefficient (Wildman–Crippen LogP) is 2.43. The Balaban J connectivity index is 2.33. The SMILES string of the molecule is Nc1cncc(Br)c1Sc1nncs1. The Hall–Kier alpha value is -0.660. The summed E-state index contributed by atoms with van der Waals surface area (Å²) in [6.45, 7) is 0. The molecule has 0 unspecified atom stereocenters. The summed E-state index contributed by atoms with van der Waals surface area (Å²) in [6, 6.07) is 0. The third kappa shape index (κ3) is 2.05. The second-order valence-corrected chi connectivity index (χ2v) is 5.29. The van der Waals surface area contributed by atoms with Crippen LogP contribution in [0.5, 0.6) is 0 Å². The van der Waals surface area contributed by atoms with Gasteiger partial charge in [-0.25, -0.2) is 0 Å². The standard InChI is InChI=1S/C7H5BrN4S2/c8-4-1-10-2-5(9)6(4)14-7-12-11-3-13-7/h1-3H,9H2. The van der Waals surface area contributed by atoms with Crippen molar-refractivity contribution in [3.63, 3.8) is 0 Å². The fraction of sp³-hybridized carbons (Fsp3) is 0. The van der Waals surface area contributed by atoms with Gasteiger partial charge in [0.25, 0.3) is 0 Å². The normalized spacial score (nSPS) is 10.4. The molecule has 7 heteroatoms. The summed E-state index contributed by atoms with van der Waals surface area (Å²) < 4.78 is 1.74. The molecule has 0 amide bonds. The average Bonchev–Trinajstić information content (AvgIpc) is 2.64. The molecule has 2 aromatic heterocycles. The van der Waals surface area contributed by atoms with Crippen molar-refractivity contribution >= 4 is 44.7 Å². The van der Waals surface area contributed by atoms with Crippen LogP contribution in [0.1, 0.15) is 0 Å². The first-order chi connectivity index (χ1) is 6.77. The van der Waals surface area contributed by atoms with Gasteiger partial charge in [-0.05, 0) is 15.9 Å². The summed E-state index contributed by atoms with van der Waals surface area (Å²) in [5.41, 5.74) is 8.11. The molecule has 0 spiro atoms. The summed E-state index contributed by atoms with van der Waals surface area (Å²) >= 11 is 6.35. The van der Waals surface area contributed by atoms with E-state index < -0.39 is 0 Å². The van der Waals surface area contributed by atoms with Crippen LogP contribution in [0.25, 0.3) is 0 Å². The molecule has 0 fully saturated rings. The predicted molar refractivity (Wildman–Crippen MR) is 60.4 cm³/mol. The van der Waals surface area contributed by atoms with Crippen molar-refractivity contribution in [3.05, 3.63) is 22.4 Å². The molecule has 0 aliphatic heterocycles. The maximum Gasteiger partial charge on any atom is 0.178 e. The van der Waals surface area contributed by atoms with E-state index in [1.54, 1.807) is 17.9 Å². The van der Waals surface area contributed by atoms with Gasteiger partial charge in [0.15, 0.2) is 4.34 Å². The molecule has 2 rings (SSSR count). The number of nitrogen functional groups attached to an aromatic ring is 1. The van der Waals surface area contributed by atoms with Gasteiger partial charge in [-0.3, -0.25) is 4.98 Å². The van der Waals surface area contributed by atoms with Crippen LogP contribution < -0.4 is 5.73 Å². The summed E-state index contributed by atoms with van der Waals surface area (Å²) in [6.07, 6.45) is 3.33. The second-order valence-electron chi connectivity index (χ2n) is 2.35. The van der Waals surface area contributed by atoms with Gasteiger partial charge >= 0.3 is 0 Å². The first kappa shape index (κ1) is 9.88. The minimum absolute atomic E-state index is 0.638. The number of aromatic nitrogens is 3. The van der Waals surface area contributed by atoms with Gasteiger partial charge in [0, 0.05) is 6.20 Å². The second kappa shape index (κ2) is 4.24. The highest BCUT2D eigenvalue weighted by molar-refractivity contribution is 9.10. The van der Waals surface area contributed by atoms with Crippen LogP contribution in [0, 0.1) is 0 Å². The lowest BCUT2D eigenvalue weighted by Gasteiger charge is -2.03. The average molecular weight is 289 g/mol. The lowest BCUT2D eigenvalue weighted by molar-refractivity contribution is 1.01. The van der Waals surface area contributed by atoms with Crippen molar-refractivity contribution in [2.24, 2.45) is 0 Å². The third-order valence-corrected chi connectivity index (χ3v) is 4.21. The highest BCUT2D eigenvalue weighted by Crippen LogP contribution is 2.37. The topological polar surface area (TPSA) is 64.7 Å². The summed E-state index contributed by atoms with van der Waals surface area (Å²) in [5, 5.41) is 7.68. The van der Waals surface area contributed by atoms with Crippen molar-refractivity contribution in [2.75, 3.05) is 5.73 Å². The highest BCUT2D eigenvalue weighted by atomic mass is 79.9. The number of pyridine rings is 1. The van der Waals surface area contributed by atoms with Crippen molar-refractivity contribution < 1.29 is 0 Å². The molecule has 14 heavy (non-hydrogen) atoms. The van der Waals surface area contributed by atoms with Crippen molar-refractivity contribution in [2.45, 2.75) is 9.24 Å². The van der Waals surface area contributed by atoms with E-state index in [9.17, 15) is 0 Å². The van der Waals surface area contributed by atoms with Gasteiger partial charge in [-0.1, -0.05) is 23.1 Å². The van der Waals surface area contributed by atoms with Crippen LogP contribution in [-0.4, -0.2) is 15.2 Å². The van der Waals surface area contributed by atoms with Crippen LogP contribution in [0.15, 0.2) is 31.6 Å². The Kier molecular flexibility index (Phi) is 2.99. The minimum Gasteiger partial charge on any atom is -0.397 e. The first-order valence-corrected chi connectivity index (χ1v) is 6.09. The maximum atomic E-state index is 5.78. The van der Waals surface area contributed by atoms with Gasteiger partial charge in [-0.15, -0.1) is 10.2 Å². The third-order valence-electron chi connectivity index (χ3n) is 1.41. The van der Waals surface area contributed by atoms with Crippen LogP contribution in [0.2, 0.25) is 0 Å². The summed E-state index contributed by atoms with van der Waals surface area (Å²) in [5.74, 6) is 0. The van der Waals surface area contributed by atoms with Crippen LogP contribution in [0.3, 0.4) is 0 Å². The molecule has 2 N–H and O–H groups in total. The summed E-state index contributed by atoms with van der Waals surface area (Å²) in [7, 11) is 0. The number of halogens is 1. The summed E-state index contributed by atoms with van der Waals surface area (Å²) in [4.78, 5) is 4.88. The van der Waals surface area contributed by atoms with E-state index in [-0.39, 0.29) is 0 Å². The molecule has 2 heterocycles. The van der Waals surface area contributed by atoms with E-state index in [0.717, 1.165) is 13.7 Å². The Morgan fingerprint density at radius 2 is 2.29 bits per heavy atom. The van der Waals surface area contributed by atoms with E-state index in [2.05, 4.69) is 31.1 Å². The first-order valence-electron chi connectivity index (χ1n) is 3.60. The Morgan fingerprint density at radius 3 is 2.93 bits per heavy atom. The number of nitrogens with two attached hydrogens (primary N) is 1. The molecule has 0 aliphatic rings. The Bertz CT molecular complexity index is 411. The fourth-order valence-electron chi connectivity index (χ4n) is 0.841. The van der Waals surface area contributed by atoms with Gasteiger partial charge in [0.05, 0.1) is 21.3 Å². The number of hydrogen-bond acceptors (Lipinski definition) is 6. The van der Waals surface area contributed by atoms with Crippen LogP contribution in [-0.2, 0) is 0 Å². The quantitative estimate of drug-likeness (QED) is 0.919. The lowest BCUT2D eigenvalue weighted by Crippen LogP contribution is -1.90. The fourth-order valence-corrected chi connectivity index (χ4v) is 2.86. The molecule has 0 radical (unpaired) electrons. The minimum atomic E-state index is 0.638. The molecular weight excluding hydrogens is 284 g/mol. The molecule has 2 aromatic rings. The number of rotatable bonds is 2. The molecular formula is C7H5BrN4S2. The van der Waals surface area contributed by atoms with Crippen molar-refractivity contribution in [1.82, 2.24) is 15.2 Å². The number of nitrogens with zero attached hydrogens (tertiary/aromatic N) is 3. The molecule has 0 aromatic carbocycles. The van der Waals surface area contributed by atoms with Crippen LogP contribution >= 0.6 is 39.0 Å². The zero-order valence-electron chi connectivity index (χ0n) is 6.85. The van der Waals surface area contributed by atoms with E-state index in [4.69, 9.17) is 5.73 Å². The molecule has 0 saturated carbocycles. The number of anilines is 1. The Morgan fingerprint density at radius 1 is 1.43 bits per heavy atom. The number of hydrogen-bond donors (Lipinski definition) is 1. The lowest BCUT2D eigenvalue weighted by atomic mass is 10.4. The molecule has 0 atom stereocenters. The molecule has 0 aliphatic carbocycles. The van der Waals surface area contributed by atoms with Crippen molar-refractivity contribution in [1.29, 1.82) is 0 Å². The van der Waals surface area contributed by atoms with Gasteiger partial charge in [0.1, 0.15) is 5.51 Å². The largest absolute Gasteiger partial charge is 0.397 e. The molecule has 0 saturated heterocycles. The Labute approximate surface area is 97.1 Å². The van der Waals surface area contributed by atoms with Crippen molar-refractivity contribution in [3.8, 4) is 0 Å². The van der Waals surface area contributed by atoms with E-state index in [1.807, 2.05) is 0 Å². The molecule has 0 bridgehead atoms. The van der Waals surface area contributed by atoms with E-state index in [0.29, 0.717) is 5.69 Å². The van der Waals surface area contributed by atoms with Crippen LogP contribution in [0.4, 0.5) is 5.69 Å². The van der Waals surface area contributed by atoms with Gasteiger partial charge in [-0.2, -0.15) is 0 Å². The molecule has 72 valence electrons. The van der Waals surface area contributed by atoms with Gasteiger partial charge < -0.3 is 5.73 Å². The zero-order valence-corrected chi connectivity index (χ0v) is 10.1. The monoisotopic (exact) mass is 288 g/mol. The zero-order chi connectivity index (χ0) is 9.97.